The number of ether oxygens (including phenoxy) is 1. The van der Waals surface area contributed by atoms with Gasteiger partial charge in [-0.2, -0.15) is 0 Å². The van der Waals surface area contributed by atoms with Gasteiger partial charge in [0.15, 0.2) is 0 Å². The Kier molecular flexibility index (Phi) is 5.88. The van der Waals surface area contributed by atoms with Crippen LogP contribution in [-0.2, 0) is 4.74 Å². The van der Waals surface area contributed by atoms with Crippen molar-refractivity contribution >= 4 is 6.09 Å². The summed E-state index contributed by atoms with van der Waals surface area (Å²) in [4.78, 5) is 14.0. The zero-order chi connectivity index (χ0) is 15.3. The number of hydrogen-bond donors (Lipinski definition) is 2. The van der Waals surface area contributed by atoms with E-state index in [4.69, 9.17) is 4.74 Å². The summed E-state index contributed by atoms with van der Waals surface area (Å²) in [5.74, 6) is 1.73. The smallest absolute Gasteiger partial charge is 0.407 e. The van der Waals surface area contributed by atoms with Crippen molar-refractivity contribution in [3.63, 3.8) is 0 Å². The Balaban J connectivity index is 1.50. The minimum atomic E-state index is -0.421. The van der Waals surface area contributed by atoms with Gasteiger partial charge in [0.25, 0.3) is 0 Å². The van der Waals surface area contributed by atoms with Gasteiger partial charge in [-0.25, -0.2) is 4.79 Å². The summed E-state index contributed by atoms with van der Waals surface area (Å²) < 4.78 is 5.23. The SMILES string of the molecule is CC(C)(C)OC(=O)NCCN1CCC(CNCC2CC2)C1. The number of nitrogens with zero attached hydrogens (tertiary/aromatic N) is 1. The van der Waals surface area contributed by atoms with E-state index in [0.29, 0.717) is 6.54 Å². The van der Waals surface area contributed by atoms with Crippen LogP contribution in [0.2, 0.25) is 0 Å². The molecule has 2 aliphatic rings. The fourth-order valence-corrected chi connectivity index (χ4v) is 2.73. The predicted octanol–water partition coefficient (Wildman–Crippen LogP) is 1.83. The van der Waals surface area contributed by atoms with Gasteiger partial charge in [-0.05, 0) is 71.5 Å². The van der Waals surface area contributed by atoms with Gasteiger partial charge in [-0.3, -0.25) is 0 Å². The maximum Gasteiger partial charge on any atom is 0.407 e. The lowest BCUT2D eigenvalue weighted by molar-refractivity contribution is 0.0523. The molecule has 2 rings (SSSR count). The van der Waals surface area contributed by atoms with Gasteiger partial charge in [0, 0.05) is 19.6 Å². The number of alkyl carbamates (subject to hydrolysis) is 1. The van der Waals surface area contributed by atoms with Gasteiger partial charge in [0.2, 0.25) is 0 Å². The minimum Gasteiger partial charge on any atom is -0.444 e. The summed E-state index contributed by atoms with van der Waals surface area (Å²) in [6.07, 6.45) is 3.79. The van der Waals surface area contributed by atoms with E-state index in [-0.39, 0.29) is 6.09 Å². The van der Waals surface area contributed by atoms with E-state index in [1.165, 1.54) is 25.8 Å². The van der Waals surface area contributed by atoms with Crippen LogP contribution in [0.15, 0.2) is 0 Å². The Morgan fingerprint density at radius 2 is 1.90 bits per heavy atom. The number of carbonyl (C=O) groups is 1. The molecule has 0 radical (unpaired) electrons. The number of likely N-dealkylation sites (tertiary alicyclic amines) is 1. The van der Waals surface area contributed by atoms with Crippen LogP contribution in [0.25, 0.3) is 0 Å². The first kappa shape index (κ1) is 16.6. The van der Waals surface area contributed by atoms with Gasteiger partial charge in [0.05, 0.1) is 0 Å². The lowest BCUT2D eigenvalue weighted by Crippen LogP contribution is -2.37. The fourth-order valence-electron chi connectivity index (χ4n) is 2.73. The largest absolute Gasteiger partial charge is 0.444 e. The van der Waals surface area contributed by atoms with Crippen LogP contribution >= 0.6 is 0 Å². The average molecular weight is 297 g/mol. The molecule has 1 heterocycles. The van der Waals surface area contributed by atoms with Crippen LogP contribution in [-0.4, -0.2) is 55.9 Å². The highest BCUT2D eigenvalue weighted by Crippen LogP contribution is 2.27. The molecule has 2 N–H and O–H groups in total. The Morgan fingerprint density at radius 1 is 1.19 bits per heavy atom. The summed E-state index contributed by atoms with van der Waals surface area (Å²) in [5, 5.41) is 6.42. The molecule has 1 unspecified atom stereocenters. The summed E-state index contributed by atoms with van der Waals surface area (Å²) in [6.45, 7) is 11.9. The minimum absolute atomic E-state index is 0.315. The molecule has 21 heavy (non-hydrogen) atoms. The molecule has 0 bridgehead atoms. The van der Waals surface area contributed by atoms with Crippen molar-refractivity contribution in [2.75, 3.05) is 39.3 Å². The lowest BCUT2D eigenvalue weighted by Gasteiger charge is -2.21. The molecule has 5 heteroatoms. The molecule has 1 aliphatic carbocycles. The van der Waals surface area contributed by atoms with Crippen LogP contribution in [0.1, 0.15) is 40.0 Å². The molecule has 1 atom stereocenters. The Hall–Kier alpha value is -0.810. The second kappa shape index (κ2) is 7.45. The molecule has 1 saturated carbocycles. The zero-order valence-electron chi connectivity index (χ0n) is 13.8. The first-order chi connectivity index (χ1) is 9.92. The van der Waals surface area contributed by atoms with Crippen molar-refractivity contribution in [2.45, 2.75) is 45.6 Å². The number of carbonyl (C=O) groups excluding carboxylic acids is 1. The number of rotatable bonds is 7. The van der Waals surface area contributed by atoms with Crippen LogP contribution < -0.4 is 10.6 Å². The third-order valence-electron chi connectivity index (χ3n) is 4.03. The van der Waals surface area contributed by atoms with E-state index in [1.807, 2.05) is 20.8 Å². The summed E-state index contributed by atoms with van der Waals surface area (Å²) in [5.41, 5.74) is -0.421. The van der Waals surface area contributed by atoms with Gasteiger partial charge in [-0.1, -0.05) is 0 Å². The van der Waals surface area contributed by atoms with Gasteiger partial charge in [-0.15, -0.1) is 0 Å². The monoisotopic (exact) mass is 297 g/mol. The second-order valence-electron chi connectivity index (χ2n) is 7.49. The topological polar surface area (TPSA) is 53.6 Å². The molecular weight excluding hydrogens is 266 g/mol. The average Bonchev–Trinajstić information content (AvgIpc) is 3.07. The Morgan fingerprint density at radius 3 is 2.57 bits per heavy atom. The highest BCUT2D eigenvalue weighted by molar-refractivity contribution is 5.67. The molecule has 1 aliphatic heterocycles. The standard InChI is InChI=1S/C16H31N3O2/c1-16(2,3)21-15(20)18-7-9-19-8-6-14(12-19)11-17-10-13-4-5-13/h13-14,17H,4-12H2,1-3H3,(H,18,20). The maximum absolute atomic E-state index is 11.5. The van der Waals surface area contributed by atoms with E-state index in [2.05, 4.69) is 15.5 Å². The van der Waals surface area contributed by atoms with E-state index >= 15 is 0 Å². The Labute approximate surface area is 128 Å². The molecule has 5 nitrogen and oxygen atoms in total. The van der Waals surface area contributed by atoms with Gasteiger partial charge < -0.3 is 20.3 Å². The van der Waals surface area contributed by atoms with Crippen molar-refractivity contribution in [1.82, 2.24) is 15.5 Å². The first-order valence-electron chi connectivity index (χ1n) is 8.32. The van der Waals surface area contributed by atoms with Gasteiger partial charge in [0.1, 0.15) is 5.60 Å². The van der Waals surface area contributed by atoms with E-state index in [1.54, 1.807) is 0 Å². The lowest BCUT2D eigenvalue weighted by atomic mass is 10.1. The third kappa shape index (κ3) is 7.14. The highest BCUT2D eigenvalue weighted by Gasteiger charge is 2.24. The Bertz CT molecular complexity index is 337. The normalized spacial score (nSPS) is 23.3. The maximum atomic E-state index is 11.5. The van der Waals surface area contributed by atoms with Crippen molar-refractivity contribution in [1.29, 1.82) is 0 Å². The van der Waals surface area contributed by atoms with Crippen molar-refractivity contribution in [3.8, 4) is 0 Å². The molecule has 0 aromatic heterocycles. The van der Waals surface area contributed by atoms with Crippen LogP contribution in [0.4, 0.5) is 4.79 Å². The first-order valence-corrected chi connectivity index (χ1v) is 8.32. The number of nitrogens with one attached hydrogen (secondary N) is 2. The quantitative estimate of drug-likeness (QED) is 0.753. The summed E-state index contributed by atoms with van der Waals surface area (Å²) >= 11 is 0. The van der Waals surface area contributed by atoms with Crippen molar-refractivity contribution in [2.24, 2.45) is 11.8 Å². The number of hydrogen-bond acceptors (Lipinski definition) is 4. The molecule has 1 amide bonds. The third-order valence-corrected chi connectivity index (χ3v) is 4.03. The number of amides is 1. The second-order valence-corrected chi connectivity index (χ2v) is 7.49. The fraction of sp³-hybridized carbons (Fsp3) is 0.938. The van der Waals surface area contributed by atoms with E-state index in [0.717, 1.165) is 38.0 Å². The molecule has 1 saturated heterocycles. The molecule has 122 valence electrons. The molecule has 0 aromatic carbocycles. The zero-order valence-corrected chi connectivity index (χ0v) is 13.8. The van der Waals surface area contributed by atoms with Crippen molar-refractivity contribution < 1.29 is 9.53 Å². The molecule has 0 aromatic rings. The molecular formula is C16H31N3O2. The van der Waals surface area contributed by atoms with Crippen LogP contribution in [0.3, 0.4) is 0 Å². The molecule has 2 fully saturated rings. The van der Waals surface area contributed by atoms with Crippen LogP contribution in [0, 0.1) is 11.8 Å². The van der Waals surface area contributed by atoms with E-state index < -0.39 is 5.60 Å². The van der Waals surface area contributed by atoms with Gasteiger partial charge >= 0.3 is 6.09 Å². The molecule has 0 spiro atoms. The predicted molar refractivity (Wildman–Crippen MR) is 84.4 cm³/mol. The van der Waals surface area contributed by atoms with Crippen LogP contribution in [0.5, 0.6) is 0 Å². The van der Waals surface area contributed by atoms with Crippen molar-refractivity contribution in [3.05, 3.63) is 0 Å². The summed E-state index contributed by atoms with van der Waals surface area (Å²) in [6, 6.07) is 0. The summed E-state index contributed by atoms with van der Waals surface area (Å²) in [7, 11) is 0. The van der Waals surface area contributed by atoms with E-state index in [9.17, 15) is 4.79 Å². The highest BCUT2D eigenvalue weighted by atomic mass is 16.6.